The normalized spacial score (nSPS) is 38.9. The Balaban J connectivity index is 1.46. The number of hydrogen-bond donors (Lipinski definition) is 1. The van der Waals surface area contributed by atoms with E-state index in [2.05, 4.69) is 27.8 Å². The predicted molar refractivity (Wildman–Crippen MR) is 80.6 cm³/mol. The standard InChI is InChI=1S/C16H27N5/c1-17-14(6-15-18-20-21(2)19-15)10-16-7-11-3-12(8-16)5-13(4-11)9-16/h11-14,17H,3-10H2,1-2H3. The van der Waals surface area contributed by atoms with Gasteiger partial charge in [0.05, 0.1) is 7.05 Å². The molecule has 1 unspecified atom stereocenters. The Bertz CT molecular complexity index is 473. The van der Waals surface area contributed by atoms with Crippen molar-refractivity contribution in [3.05, 3.63) is 5.82 Å². The molecule has 21 heavy (non-hydrogen) atoms. The molecule has 4 fully saturated rings. The molecule has 1 aromatic heterocycles. The van der Waals surface area contributed by atoms with Gasteiger partial charge in [0.1, 0.15) is 0 Å². The number of rotatable bonds is 5. The lowest BCUT2D eigenvalue weighted by atomic mass is 9.48. The first-order chi connectivity index (χ1) is 10.1. The van der Waals surface area contributed by atoms with Crippen molar-refractivity contribution in [2.24, 2.45) is 30.2 Å². The third-order valence-corrected chi connectivity index (χ3v) is 6.23. The van der Waals surface area contributed by atoms with Gasteiger partial charge in [0.2, 0.25) is 0 Å². The Kier molecular flexibility index (Phi) is 3.28. The van der Waals surface area contributed by atoms with Crippen LogP contribution in [0.5, 0.6) is 0 Å². The highest BCUT2D eigenvalue weighted by Crippen LogP contribution is 2.61. The number of nitrogens with one attached hydrogen (secondary N) is 1. The third-order valence-electron chi connectivity index (χ3n) is 6.23. The fourth-order valence-corrected chi connectivity index (χ4v) is 5.96. The highest BCUT2D eigenvalue weighted by molar-refractivity contribution is 5.03. The monoisotopic (exact) mass is 289 g/mol. The van der Waals surface area contributed by atoms with Crippen LogP contribution in [-0.2, 0) is 13.5 Å². The molecule has 0 aromatic carbocycles. The molecule has 5 rings (SSSR count). The Labute approximate surface area is 126 Å². The van der Waals surface area contributed by atoms with Crippen molar-refractivity contribution in [3.63, 3.8) is 0 Å². The second-order valence-electron chi connectivity index (χ2n) is 8.01. The summed E-state index contributed by atoms with van der Waals surface area (Å²) in [7, 11) is 3.92. The summed E-state index contributed by atoms with van der Waals surface area (Å²) >= 11 is 0. The van der Waals surface area contributed by atoms with E-state index in [-0.39, 0.29) is 0 Å². The lowest BCUT2D eigenvalue weighted by molar-refractivity contribution is -0.0617. The summed E-state index contributed by atoms with van der Waals surface area (Å²) in [6.07, 6.45) is 11.2. The van der Waals surface area contributed by atoms with Gasteiger partial charge >= 0.3 is 0 Å². The molecule has 4 aliphatic rings. The van der Waals surface area contributed by atoms with E-state index in [1.165, 1.54) is 44.9 Å². The minimum atomic E-state index is 0.491. The fraction of sp³-hybridized carbons (Fsp3) is 0.938. The zero-order valence-corrected chi connectivity index (χ0v) is 13.3. The van der Waals surface area contributed by atoms with Crippen LogP contribution in [-0.4, -0.2) is 33.3 Å². The molecule has 0 aliphatic heterocycles. The van der Waals surface area contributed by atoms with E-state index in [9.17, 15) is 0 Å². The Morgan fingerprint density at radius 3 is 2.29 bits per heavy atom. The predicted octanol–water partition coefficient (Wildman–Crippen LogP) is 1.95. The molecule has 1 atom stereocenters. The van der Waals surface area contributed by atoms with Gasteiger partial charge in [-0.3, -0.25) is 0 Å². The molecule has 4 aliphatic carbocycles. The third kappa shape index (κ3) is 2.60. The van der Waals surface area contributed by atoms with Gasteiger partial charge in [0.25, 0.3) is 0 Å². The molecule has 5 heteroatoms. The quantitative estimate of drug-likeness (QED) is 0.900. The summed E-state index contributed by atoms with van der Waals surface area (Å²) in [5.41, 5.74) is 0.616. The topological polar surface area (TPSA) is 55.6 Å². The molecule has 5 nitrogen and oxygen atoms in total. The van der Waals surface area contributed by atoms with E-state index in [4.69, 9.17) is 0 Å². The van der Waals surface area contributed by atoms with E-state index in [0.29, 0.717) is 11.5 Å². The minimum absolute atomic E-state index is 0.491. The van der Waals surface area contributed by atoms with Gasteiger partial charge in [0.15, 0.2) is 5.82 Å². The van der Waals surface area contributed by atoms with Crippen LogP contribution in [0.4, 0.5) is 0 Å². The number of aromatic nitrogens is 4. The van der Waals surface area contributed by atoms with E-state index < -0.39 is 0 Å². The fourth-order valence-electron chi connectivity index (χ4n) is 5.96. The van der Waals surface area contributed by atoms with Crippen LogP contribution in [0.15, 0.2) is 0 Å². The van der Waals surface area contributed by atoms with Crippen molar-refractivity contribution in [2.75, 3.05) is 7.05 Å². The number of aryl methyl sites for hydroxylation is 1. The molecular formula is C16H27N5. The maximum Gasteiger partial charge on any atom is 0.176 e. The molecule has 1 heterocycles. The van der Waals surface area contributed by atoms with E-state index in [1.807, 2.05) is 7.05 Å². The van der Waals surface area contributed by atoms with Gasteiger partial charge in [-0.05, 0) is 80.4 Å². The zero-order chi connectivity index (χ0) is 14.4. The van der Waals surface area contributed by atoms with E-state index >= 15 is 0 Å². The van der Waals surface area contributed by atoms with Crippen molar-refractivity contribution in [1.29, 1.82) is 0 Å². The Morgan fingerprint density at radius 2 is 1.81 bits per heavy atom. The first-order valence-corrected chi connectivity index (χ1v) is 8.54. The summed E-state index contributed by atoms with van der Waals surface area (Å²) in [5.74, 6) is 3.97. The highest BCUT2D eigenvalue weighted by atomic mass is 15.6. The van der Waals surface area contributed by atoms with Crippen LogP contribution in [0.25, 0.3) is 0 Å². The van der Waals surface area contributed by atoms with Crippen LogP contribution < -0.4 is 5.32 Å². The SMILES string of the molecule is CNC(Cc1nnn(C)n1)CC12CC3CC(CC(C3)C1)C2. The van der Waals surface area contributed by atoms with Gasteiger partial charge in [-0.1, -0.05) is 0 Å². The number of nitrogens with zero attached hydrogens (tertiary/aromatic N) is 4. The molecule has 4 saturated carbocycles. The van der Waals surface area contributed by atoms with Crippen LogP contribution in [0.1, 0.15) is 50.8 Å². The summed E-state index contributed by atoms with van der Waals surface area (Å²) < 4.78 is 0. The molecule has 0 amide bonds. The van der Waals surface area contributed by atoms with Crippen molar-refractivity contribution in [2.45, 2.75) is 57.4 Å². The average molecular weight is 289 g/mol. The Morgan fingerprint density at radius 1 is 1.19 bits per heavy atom. The summed E-state index contributed by atoms with van der Waals surface area (Å²) in [6.45, 7) is 0. The molecule has 1 N–H and O–H groups in total. The molecule has 116 valence electrons. The van der Waals surface area contributed by atoms with Crippen molar-refractivity contribution in [3.8, 4) is 0 Å². The number of tetrazole rings is 1. The van der Waals surface area contributed by atoms with Crippen LogP contribution in [0.3, 0.4) is 0 Å². The van der Waals surface area contributed by atoms with E-state index in [0.717, 1.165) is 30.0 Å². The summed E-state index contributed by atoms with van der Waals surface area (Å²) in [5, 5.41) is 16.0. The Hall–Kier alpha value is -0.970. The molecule has 1 aromatic rings. The smallest absolute Gasteiger partial charge is 0.176 e. The first-order valence-electron chi connectivity index (χ1n) is 8.54. The highest BCUT2D eigenvalue weighted by Gasteiger charge is 2.51. The molecule has 0 spiro atoms. The van der Waals surface area contributed by atoms with Crippen LogP contribution in [0.2, 0.25) is 0 Å². The first kappa shape index (κ1) is 13.7. The minimum Gasteiger partial charge on any atom is -0.317 e. The van der Waals surface area contributed by atoms with Gasteiger partial charge in [-0.25, -0.2) is 0 Å². The summed E-state index contributed by atoms with van der Waals surface area (Å²) in [4.78, 5) is 1.56. The van der Waals surface area contributed by atoms with Crippen LogP contribution in [0, 0.1) is 23.2 Å². The maximum atomic E-state index is 4.35. The number of likely N-dealkylation sites (N-methyl/N-ethyl adjacent to an activating group) is 1. The van der Waals surface area contributed by atoms with Gasteiger partial charge in [0, 0.05) is 12.5 Å². The largest absolute Gasteiger partial charge is 0.317 e. The lowest BCUT2D eigenvalue weighted by Gasteiger charge is -2.57. The summed E-state index contributed by atoms with van der Waals surface area (Å²) in [6, 6.07) is 0.491. The molecule has 0 saturated heterocycles. The van der Waals surface area contributed by atoms with Gasteiger partial charge < -0.3 is 5.32 Å². The molecular weight excluding hydrogens is 262 g/mol. The second-order valence-corrected chi connectivity index (χ2v) is 8.01. The zero-order valence-electron chi connectivity index (χ0n) is 13.3. The van der Waals surface area contributed by atoms with Crippen molar-refractivity contribution in [1.82, 2.24) is 25.5 Å². The molecule has 4 bridgehead atoms. The number of hydrogen-bond acceptors (Lipinski definition) is 4. The van der Waals surface area contributed by atoms with Crippen molar-refractivity contribution >= 4 is 0 Å². The molecule has 0 radical (unpaired) electrons. The average Bonchev–Trinajstić information content (AvgIpc) is 2.81. The van der Waals surface area contributed by atoms with Crippen LogP contribution >= 0.6 is 0 Å². The maximum absolute atomic E-state index is 4.35. The van der Waals surface area contributed by atoms with Gasteiger partial charge in [-0.15, -0.1) is 10.2 Å². The second kappa shape index (κ2) is 5.04. The van der Waals surface area contributed by atoms with Gasteiger partial charge in [-0.2, -0.15) is 4.80 Å². The lowest BCUT2D eigenvalue weighted by Crippen LogP contribution is -2.49. The van der Waals surface area contributed by atoms with Crippen molar-refractivity contribution < 1.29 is 0 Å². The van der Waals surface area contributed by atoms with E-state index in [1.54, 1.807) is 4.80 Å².